The molecule has 7 nitrogen and oxygen atoms in total. The molecule has 2 aromatic carbocycles. The quantitative estimate of drug-likeness (QED) is 0.654. The number of ether oxygens (including phenoxy) is 1. The predicted molar refractivity (Wildman–Crippen MR) is 123 cm³/mol. The minimum atomic E-state index is -1.00. The number of nitrogens with one attached hydrogen (secondary N) is 1. The van der Waals surface area contributed by atoms with Crippen LogP contribution in [0, 0.1) is 0 Å². The molecule has 1 atom stereocenters. The molecule has 32 heavy (non-hydrogen) atoms. The van der Waals surface area contributed by atoms with Gasteiger partial charge in [0.25, 0.3) is 0 Å². The zero-order valence-corrected chi connectivity index (χ0v) is 18.2. The van der Waals surface area contributed by atoms with E-state index in [9.17, 15) is 19.5 Å². The fourth-order valence-electron chi connectivity index (χ4n) is 4.12. The first kappa shape index (κ1) is 22.0. The van der Waals surface area contributed by atoms with Gasteiger partial charge in [-0.15, -0.1) is 0 Å². The van der Waals surface area contributed by atoms with Crippen LogP contribution in [-0.2, 0) is 14.3 Å². The number of thioether (sulfide) groups is 1. The number of rotatable bonds is 6. The van der Waals surface area contributed by atoms with Crippen LogP contribution < -0.4 is 5.32 Å². The molecule has 1 aliphatic carbocycles. The molecule has 2 N–H and O–H groups in total. The minimum absolute atomic E-state index is 0.0183. The standard InChI is InChI=1S/C24H24N2O5S/c27-22(26-12-13-32-15-21(26)23(28)29)10-5-11-25-24(30)31-14-20-18-8-3-1-6-16(18)17-7-2-4-9-19(17)20/h1-10,20-21H,11-15H2,(H,25,30)(H,28,29)/b10-5+. The summed E-state index contributed by atoms with van der Waals surface area (Å²) >= 11 is 1.52. The van der Waals surface area contributed by atoms with Gasteiger partial charge in [0.1, 0.15) is 12.6 Å². The second-order valence-corrected chi connectivity index (χ2v) is 8.72. The SMILES string of the molecule is O=C(NC/C=C/C(=O)N1CCSCC1C(=O)O)OCC1c2ccccc2-c2ccccc21. The van der Waals surface area contributed by atoms with Gasteiger partial charge in [0.05, 0.1) is 0 Å². The number of alkyl carbamates (subject to hydrolysis) is 1. The monoisotopic (exact) mass is 452 g/mol. The van der Waals surface area contributed by atoms with Crippen molar-refractivity contribution in [3.63, 3.8) is 0 Å². The first-order valence-corrected chi connectivity index (χ1v) is 11.6. The number of fused-ring (bicyclic) bond motifs is 3. The smallest absolute Gasteiger partial charge is 0.407 e. The molecule has 1 heterocycles. The van der Waals surface area contributed by atoms with Crippen LogP contribution in [0.5, 0.6) is 0 Å². The van der Waals surface area contributed by atoms with Gasteiger partial charge < -0.3 is 20.1 Å². The number of carboxylic acid groups (broad SMARTS) is 1. The summed E-state index contributed by atoms with van der Waals surface area (Å²) in [4.78, 5) is 37.2. The van der Waals surface area contributed by atoms with Crippen LogP contribution in [0.4, 0.5) is 4.79 Å². The van der Waals surface area contributed by atoms with E-state index in [0.29, 0.717) is 18.1 Å². The van der Waals surface area contributed by atoms with Gasteiger partial charge in [0.2, 0.25) is 5.91 Å². The number of nitrogens with zero attached hydrogens (tertiary/aromatic N) is 1. The van der Waals surface area contributed by atoms with Gasteiger partial charge >= 0.3 is 12.1 Å². The van der Waals surface area contributed by atoms with Crippen molar-refractivity contribution in [2.45, 2.75) is 12.0 Å². The maximum Gasteiger partial charge on any atom is 0.407 e. The van der Waals surface area contributed by atoms with Crippen LogP contribution in [0.2, 0.25) is 0 Å². The lowest BCUT2D eigenvalue weighted by Gasteiger charge is -2.31. The van der Waals surface area contributed by atoms with E-state index >= 15 is 0 Å². The highest BCUT2D eigenvalue weighted by molar-refractivity contribution is 7.99. The zero-order chi connectivity index (χ0) is 22.5. The molecule has 0 aromatic heterocycles. The van der Waals surface area contributed by atoms with Crippen molar-refractivity contribution in [1.29, 1.82) is 0 Å². The first-order valence-electron chi connectivity index (χ1n) is 10.4. The molecule has 2 aromatic rings. The lowest BCUT2D eigenvalue weighted by Crippen LogP contribution is -2.49. The maximum atomic E-state index is 12.3. The molecule has 4 rings (SSSR count). The van der Waals surface area contributed by atoms with Crippen molar-refractivity contribution in [3.05, 3.63) is 71.8 Å². The molecule has 1 saturated heterocycles. The molecule has 166 valence electrons. The lowest BCUT2D eigenvalue weighted by atomic mass is 9.98. The van der Waals surface area contributed by atoms with Crippen LogP contribution >= 0.6 is 11.8 Å². The Morgan fingerprint density at radius 1 is 1.09 bits per heavy atom. The number of aliphatic carboxylic acids is 1. The third kappa shape index (κ3) is 4.65. The normalized spacial score (nSPS) is 17.6. The summed E-state index contributed by atoms with van der Waals surface area (Å²) in [5.41, 5.74) is 4.60. The van der Waals surface area contributed by atoms with E-state index in [0.717, 1.165) is 22.3 Å². The third-order valence-electron chi connectivity index (χ3n) is 5.66. The number of carboxylic acids is 1. The Bertz CT molecular complexity index is 1010. The van der Waals surface area contributed by atoms with Crippen molar-refractivity contribution >= 4 is 29.7 Å². The number of carbonyl (C=O) groups excluding carboxylic acids is 2. The van der Waals surface area contributed by atoms with Crippen LogP contribution in [0.3, 0.4) is 0 Å². The van der Waals surface area contributed by atoms with Crippen molar-refractivity contribution < 1.29 is 24.2 Å². The molecule has 1 aliphatic heterocycles. The number of amides is 2. The Labute approximate surface area is 190 Å². The fourth-order valence-corrected chi connectivity index (χ4v) is 5.16. The molecule has 0 saturated carbocycles. The van der Waals surface area contributed by atoms with E-state index < -0.39 is 18.1 Å². The molecule has 0 radical (unpaired) electrons. The van der Waals surface area contributed by atoms with Crippen molar-refractivity contribution in [2.24, 2.45) is 0 Å². The molecule has 1 fully saturated rings. The molecule has 0 bridgehead atoms. The molecule has 2 amide bonds. The summed E-state index contributed by atoms with van der Waals surface area (Å²) in [6.07, 6.45) is 2.24. The van der Waals surface area contributed by atoms with E-state index in [1.165, 1.54) is 28.8 Å². The fraction of sp³-hybridized carbons (Fsp3) is 0.292. The summed E-state index contributed by atoms with van der Waals surface area (Å²) < 4.78 is 5.45. The van der Waals surface area contributed by atoms with Crippen LogP contribution in [0.1, 0.15) is 17.0 Å². The van der Waals surface area contributed by atoms with Crippen LogP contribution in [0.15, 0.2) is 60.7 Å². The van der Waals surface area contributed by atoms with Gasteiger partial charge in [-0.05, 0) is 22.3 Å². The lowest BCUT2D eigenvalue weighted by molar-refractivity contribution is -0.147. The predicted octanol–water partition coefficient (Wildman–Crippen LogP) is 3.11. The zero-order valence-electron chi connectivity index (χ0n) is 17.4. The molecule has 0 spiro atoms. The van der Waals surface area contributed by atoms with Gasteiger partial charge in [-0.2, -0.15) is 11.8 Å². The van der Waals surface area contributed by atoms with Crippen LogP contribution in [0.25, 0.3) is 11.1 Å². The van der Waals surface area contributed by atoms with Crippen molar-refractivity contribution in [3.8, 4) is 11.1 Å². The average molecular weight is 453 g/mol. The maximum absolute atomic E-state index is 12.3. The molecular weight excluding hydrogens is 428 g/mol. The van der Waals surface area contributed by atoms with Crippen molar-refractivity contribution in [2.75, 3.05) is 31.2 Å². The Kier molecular flexibility index (Phi) is 6.80. The molecule has 8 heteroatoms. The summed E-state index contributed by atoms with van der Waals surface area (Å²) in [5, 5.41) is 11.9. The highest BCUT2D eigenvalue weighted by atomic mass is 32.2. The summed E-state index contributed by atoms with van der Waals surface area (Å²) in [6, 6.07) is 15.4. The second-order valence-electron chi connectivity index (χ2n) is 7.57. The van der Waals surface area contributed by atoms with Crippen LogP contribution in [-0.4, -0.2) is 65.2 Å². The van der Waals surface area contributed by atoms with E-state index in [4.69, 9.17) is 4.74 Å². The molecule has 1 unspecified atom stereocenters. The highest BCUT2D eigenvalue weighted by Crippen LogP contribution is 2.44. The Hall–Kier alpha value is -3.26. The number of hydrogen-bond acceptors (Lipinski definition) is 5. The van der Waals surface area contributed by atoms with Gasteiger partial charge in [0, 0.05) is 36.6 Å². The summed E-state index contributed by atoms with van der Waals surface area (Å²) in [6.45, 7) is 0.724. The van der Waals surface area contributed by atoms with Gasteiger partial charge in [-0.1, -0.05) is 54.6 Å². The largest absolute Gasteiger partial charge is 0.480 e. The minimum Gasteiger partial charge on any atom is -0.480 e. The summed E-state index contributed by atoms with van der Waals surface area (Å²) in [7, 11) is 0. The van der Waals surface area contributed by atoms with Gasteiger partial charge in [-0.25, -0.2) is 9.59 Å². The number of carbonyl (C=O) groups is 3. The summed E-state index contributed by atoms with van der Waals surface area (Å²) in [5.74, 6) is -0.299. The Balaban J connectivity index is 1.28. The average Bonchev–Trinajstić information content (AvgIpc) is 3.14. The van der Waals surface area contributed by atoms with E-state index in [1.54, 1.807) is 0 Å². The topological polar surface area (TPSA) is 95.9 Å². The van der Waals surface area contributed by atoms with E-state index in [-0.39, 0.29) is 25.0 Å². The van der Waals surface area contributed by atoms with E-state index in [2.05, 4.69) is 29.6 Å². The molecular formula is C24H24N2O5S. The highest BCUT2D eigenvalue weighted by Gasteiger charge is 2.31. The Morgan fingerprint density at radius 2 is 1.75 bits per heavy atom. The molecule has 2 aliphatic rings. The van der Waals surface area contributed by atoms with Gasteiger partial charge in [0.15, 0.2) is 0 Å². The second kappa shape index (κ2) is 9.91. The van der Waals surface area contributed by atoms with Gasteiger partial charge in [-0.3, -0.25) is 4.79 Å². The third-order valence-corrected chi connectivity index (χ3v) is 6.69. The number of benzene rings is 2. The van der Waals surface area contributed by atoms with E-state index in [1.807, 2.05) is 24.3 Å². The number of hydrogen-bond donors (Lipinski definition) is 2. The first-order chi connectivity index (χ1) is 15.6. The Morgan fingerprint density at radius 3 is 2.41 bits per heavy atom. The van der Waals surface area contributed by atoms with Crippen molar-refractivity contribution in [1.82, 2.24) is 10.2 Å².